The van der Waals surface area contributed by atoms with Gasteiger partial charge in [-0.15, -0.1) is 0 Å². The number of ether oxygens (including phenoxy) is 1. The summed E-state index contributed by atoms with van der Waals surface area (Å²) in [4.78, 5) is 11.2. The molecule has 1 aromatic carbocycles. The van der Waals surface area contributed by atoms with Gasteiger partial charge in [-0.25, -0.2) is 0 Å². The van der Waals surface area contributed by atoms with Gasteiger partial charge in [-0.3, -0.25) is 4.79 Å². The number of rotatable bonds is 4. The number of esters is 1. The first-order chi connectivity index (χ1) is 7.13. The van der Waals surface area contributed by atoms with Crippen molar-refractivity contribution in [3.63, 3.8) is 0 Å². The Labute approximate surface area is 103 Å². The van der Waals surface area contributed by atoms with Gasteiger partial charge in [0.05, 0.1) is 13.0 Å². The summed E-state index contributed by atoms with van der Waals surface area (Å²) in [6, 6.07) is 7.54. The molecule has 0 aliphatic heterocycles. The first-order valence-corrected chi connectivity index (χ1v) is 5.88. The van der Waals surface area contributed by atoms with Crippen molar-refractivity contribution < 1.29 is 9.53 Å². The molecule has 0 spiro atoms. The second kappa shape index (κ2) is 6.07. The molecular weight excluding hydrogens is 305 g/mol. The molecule has 0 saturated carbocycles. The molecule has 0 bridgehead atoms. The maximum absolute atomic E-state index is 11.2. The molecule has 0 heterocycles. The quantitative estimate of drug-likeness (QED) is 0.684. The van der Waals surface area contributed by atoms with E-state index in [1.165, 1.54) is 0 Å². The Bertz CT molecular complexity index is 341. The van der Waals surface area contributed by atoms with Crippen LogP contribution in [0.2, 0.25) is 0 Å². The molecule has 1 aromatic rings. The molecule has 0 aliphatic carbocycles. The van der Waals surface area contributed by atoms with Gasteiger partial charge in [0.1, 0.15) is 0 Å². The molecule has 0 radical (unpaired) electrons. The third-order valence-electron chi connectivity index (χ3n) is 1.97. The van der Waals surface area contributed by atoms with Crippen LogP contribution in [-0.2, 0) is 9.53 Å². The molecule has 3 nitrogen and oxygen atoms in total. The average Bonchev–Trinajstić information content (AvgIpc) is 2.18. The summed E-state index contributed by atoms with van der Waals surface area (Å²) < 4.78 is 5.96. The summed E-state index contributed by atoms with van der Waals surface area (Å²) >= 11 is 2.22. The van der Waals surface area contributed by atoms with Crippen LogP contribution in [0.15, 0.2) is 24.3 Å². The van der Waals surface area contributed by atoms with Crippen LogP contribution in [-0.4, -0.2) is 12.6 Å². The highest BCUT2D eigenvalue weighted by molar-refractivity contribution is 14.1. The number of carbonyl (C=O) groups is 1. The minimum absolute atomic E-state index is 0.230. The summed E-state index contributed by atoms with van der Waals surface area (Å²) in [7, 11) is 0. The summed E-state index contributed by atoms with van der Waals surface area (Å²) in [5.41, 5.74) is 6.86. The Morgan fingerprint density at radius 1 is 1.60 bits per heavy atom. The highest BCUT2D eigenvalue weighted by atomic mass is 127. The fourth-order valence-corrected chi connectivity index (χ4v) is 1.82. The van der Waals surface area contributed by atoms with Crippen LogP contribution >= 0.6 is 22.6 Å². The summed E-state index contributed by atoms with van der Waals surface area (Å²) in [6.45, 7) is 2.19. The van der Waals surface area contributed by atoms with Gasteiger partial charge >= 0.3 is 5.97 Å². The van der Waals surface area contributed by atoms with Gasteiger partial charge in [-0.1, -0.05) is 12.1 Å². The fraction of sp³-hybridized carbons (Fsp3) is 0.364. The Balaban J connectivity index is 2.60. The third-order valence-corrected chi connectivity index (χ3v) is 2.64. The highest BCUT2D eigenvalue weighted by Crippen LogP contribution is 2.17. The van der Waals surface area contributed by atoms with Gasteiger partial charge < -0.3 is 10.5 Å². The molecule has 4 heteroatoms. The van der Waals surface area contributed by atoms with Crippen molar-refractivity contribution in [1.29, 1.82) is 0 Å². The molecule has 15 heavy (non-hydrogen) atoms. The van der Waals surface area contributed by atoms with E-state index in [1.54, 1.807) is 6.92 Å². The summed E-state index contributed by atoms with van der Waals surface area (Å²) in [5.74, 6) is -0.246. The molecule has 1 rings (SSSR count). The average molecular weight is 319 g/mol. The second-order valence-electron chi connectivity index (χ2n) is 3.17. The maximum Gasteiger partial charge on any atom is 0.307 e. The largest absolute Gasteiger partial charge is 0.466 e. The van der Waals surface area contributed by atoms with Crippen molar-refractivity contribution >= 4 is 28.6 Å². The molecule has 0 saturated heterocycles. The molecule has 0 aromatic heterocycles. The van der Waals surface area contributed by atoms with Gasteiger partial charge in [-0.2, -0.15) is 0 Å². The Kier molecular flexibility index (Phi) is 5.04. The predicted octanol–water partition coefficient (Wildman–Crippen LogP) is 2.24. The smallest absolute Gasteiger partial charge is 0.307 e. The fourth-order valence-electron chi connectivity index (χ4n) is 1.25. The molecular formula is C11H14INO2. The Morgan fingerprint density at radius 3 is 2.93 bits per heavy atom. The summed E-state index contributed by atoms with van der Waals surface area (Å²) in [5, 5.41) is 0. The Hall–Kier alpha value is -0.620. The van der Waals surface area contributed by atoms with Crippen molar-refractivity contribution in [3.8, 4) is 0 Å². The van der Waals surface area contributed by atoms with Crippen LogP contribution in [0.5, 0.6) is 0 Å². The zero-order valence-corrected chi connectivity index (χ0v) is 10.7. The van der Waals surface area contributed by atoms with Crippen LogP contribution in [0.1, 0.15) is 24.9 Å². The van der Waals surface area contributed by atoms with E-state index in [0.717, 1.165) is 9.13 Å². The lowest BCUT2D eigenvalue weighted by Crippen LogP contribution is -2.17. The van der Waals surface area contributed by atoms with Crippen LogP contribution in [0.25, 0.3) is 0 Å². The van der Waals surface area contributed by atoms with Crippen LogP contribution in [0.4, 0.5) is 0 Å². The molecule has 2 N–H and O–H groups in total. The first-order valence-electron chi connectivity index (χ1n) is 4.80. The molecule has 0 aliphatic rings. The minimum atomic E-state index is -0.279. The van der Waals surface area contributed by atoms with E-state index in [1.807, 2.05) is 24.3 Å². The topological polar surface area (TPSA) is 52.3 Å². The maximum atomic E-state index is 11.2. The number of hydrogen-bond acceptors (Lipinski definition) is 3. The van der Waals surface area contributed by atoms with Crippen LogP contribution < -0.4 is 5.73 Å². The molecule has 0 unspecified atom stereocenters. The van der Waals surface area contributed by atoms with Crippen molar-refractivity contribution in [2.75, 3.05) is 6.61 Å². The summed E-state index contributed by atoms with van der Waals surface area (Å²) in [6.07, 6.45) is 0.230. The zero-order valence-electron chi connectivity index (χ0n) is 8.57. The van der Waals surface area contributed by atoms with Crippen molar-refractivity contribution in [1.82, 2.24) is 0 Å². The lowest BCUT2D eigenvalue weighted by atomic mass is 10.1. The molecule has 0 amide bonds. The number of nitrogens with two attached hydrogens (primary N) is 1. The predicted molar refractivity (Wildman–Crippen MR) is 67.3 cm³/mol. The normalized spacial score (nSPS) is 12.2. The Morgan fingerprint density at radius 2 is 2.33 bits per heavy atom. The highest BCUT2D eigenvalue weighted by Gasteiger charge is 2.12. The van der Waals surface area contributed by atoms with Gasteiger partial charge in [-0.05, 0) is 47.2 Å². The zero-order chi connectivity index (χ0) is 11.3. The lowest BCUT2D eigenvalue weighted by molar-refractivity contribution is -0.143. The minimum Gasteiger partial charge on any atom is -0.466 e. The van der Waals surface area contributed by atoms with Crippen molar-refractivity contribution in [3.05, 3.63) is 33.4 Å². The molecule has 0 fully saturated rings. The molecule has 82 valence electrons. The lowest BCUT2D eigenvalue weighted by Gasteiger charge is -2.11. The van der Waals surface area contributed by atoms with E-state index in [2.05, 4.69) is 22.6 Å². The van der Waals surface area contributed by atoms with E-state index < -0.39 is 0 Å². The van der Waals surface area contributed by atoms with Gasteiger partial charge in [0.2, 0.25) is 0 Å². The number of halogens is 1. The van der Waals surface area contributed by atoms with E-state index in [4.69, 9.17) is 10.5 Å². The van der Waals surface area contributed by atoms with Gasteiger partial charge in [0.25, 0.3) is 0 Å². The third kappa shape index (κ3) is 4.17. The van der Waals surface area contributed by atoms with Crippen LogP contribution in [0, 0.1) is 3.57 Å². The van der Waals surface area contributed by atoms with E-state index in [-0.39, 0.29) is 18.4 Å². The number of carbonyl (C=O) groups excluding carboxylic acids is 1. The van der Waals surface area contributed by atoms with Crippen LogP contribution in [0.3, 0.4) is 0 Å². The van der Waals surface area contributed by atoms with E-state index in [0.29, 0.717) is 6.61 Å². The van der Waals surface area contributed by atoms with Crippen molar-refractivity contribution in [2.24, 2.45) is 5.73 Å². The van der Waals surface area contributed by atoms with Gasteiger partial charge in [0.15, 0.2) is 0 Å². The van der Waals surface area contributed by atoms with Crippen molar-refractivity contribution in [2.45, 2.75) is 19.4 Å². The molecule has 1 atom stereocenters. The monoisotopic (exact) mass is 319 g/mol. The first kappa shape index (κ1) is 12.4. The van der Waals surface area contributed by atoms with Gasteiger partial charge in [0, 0.05) is 9.61 Å². The standard InChI is InChI=1S/C11H14INO2/c1-2-15-11(14)7-10(13)8-4-3-5-9(12)6-8/h3-6,10H,2,7,13H2,1H3/t10-/m0/s1. The van der Waals surface area contributed by atoms with E-state index >= 15 is 0 Å². The number of hydrogen-bond donors (Lipinski definition) is 1. The SMILES string of the molecule is CCOC(=O)C[C@H](N)c1cccc(I)c1. The second-order valence-corrected chi connectivity index (χ2v) is 4.42. The number of benzene rings is 1. The van der Waals surface area contributed by atoms with E-state index in [9.17, 15) is 4.79 Å².